The first-order valence-corrected chi connectivity index (χ1v) is 44.3. The Labute approximate surface area is 856 Å². The van der Waals surface area contributed by atoms with Crippen LogP contribution in [0.15, 0.2) is 353 Å². The van der Waals surface area contributed by atoms with E-state index in [1.165, 1.54) is 11.1 Å². The fourth-order valence-corrected chi connectivity index (χ4v) is 16.9. The van der Waals surface area contributed by atoms with E-state index in [2.05, 4.69) is 197 Å². The van der Waals surface area contributed by atoms with E-state index in [0.29, 0.717) is 0 Å². The number of hydrogen-bond acceptors (Lipinski definition) is 12. The maximum absolute atomic E-state index is 10.7. The molecule has 0 radical (unpaired) electrons. The van der Waals surface area contributed by atoms with Crippen molar-refractivity contribution in [3.8, 4) is 169 Å². The van der Waals surface area contributed by atoms with Gasteiger partial charge in [0.15, 0.2) is 0 Å². The fraction of sp³-hybridized carbons (Fsp3) is 0.128. The molecule has 16 nitrogen and oxygen atoms in total. The molecule has 137 heavy (non-hydrogen) atoms. The molecule has 9 aromatic carbocycles. The molecule has 21 rings (SSSR count). The summed E-state index contributed by atoms with van der Waals surface area (Å²) >= 11 is 0. The van der Waals surface area contributed by atoms with Crippen LogP contribution in [0.3, 0.4) is 0 Å². The van der Waals surface area contributed by atoms with Gasteiger partial charge in [-0.05, 0) is 138 Å². The standard InChI is InChI=1S/C32H32N3O.C31H22N3O.C29H26N3O.C25H18N3O.4Pt/c1-31(2,3)23-19-21(18-22(20-23)26-14-9-10-16-33-26)24-13-11-17-35-29(32(4,5)6)28(34-30(24)35)25-12-7-8-15-27(25)36;1-21-30(27-13-5-6-15-29(27)35)33-31-26(14-8-18-34(21)31)24-11-7-12-25(19-24)28-20-23(16-17-32-28)22-9-3-2-4-10-22;1-19-27(24-10-5-6-13-26(24)33)31-28-23(11-9-15-32(19)28)20-16-21(25-12-7-8-14-30-25)18-22(17-20)29(2,3)4;1-17-24(21-10-2-3-13-23(21)29)27-25-20(11-7-15-28(17)25)18-8-6-9-19(16-18)22-12-4-5-14-26-22;;;;/h7-17,19-20,36H,1-6H3;2-18,20,35H,1H3;5-15,17-18,33H,1-4H3;2-15,29H,1H3;;;;/q4*-1;;;;. The Balaban J connectivity index is 0.000000145. The third kappa shape index (κ3) is 21.0. The van der Waals surface area contributed by atoms with Crippen LogP contribution in [0.25, 0.3) is 168 Å². The van der Waals surface area contributed by atoms with Gasteiger partial charge in [0.25, 0.3) is 0 Å². The smallest absolute Gasteiger partial charge is 0.125 e. The third-order valence-electron chi connectivity index (χ3n) is 23.9. The number of hydrogen-bond donors (Lipinski definition) is 4. The van der Waals surface area contributed by atoms with Crippen molar-refractivity contribution in [2.45, 2.75) is 99.3 Å². The Morgan fingerprint density at radius 2 is 0.526 bits per heavy atom. The Morgan fingerprint density at radius 1 is 0.234 bits per heavy atom. The van der Waals surface area contributed by atoms with Crippen molar-refractivity contribution in [2.24, 2.45) is 0 Å². The molecule has 694 valence electrons. The molecule has 21 aromatic rings. The maximum Gasteiger partial charge on any atom is 0.125 e. The van der Waals surface area contributed by atoms with Crippen molar-refractivity contribution in [2.75, 3.05) is 0 Å². The predicted molar refractivity (Wildman–Crippen MR) is 535 cm³/mol. The van der Waals surface area contributed by atoms with Crippen molar-refractivity contribution < 1.29 is 105 Å². The largest absolute Gasteiger partial charge is 0.507 e. The molecule has 0 aliphatic heterocycles. The number of aryl methyl sites for hydroxylation is 3. The number of fused-ring (bicyclic) bond motifs is 4. The van der Waals surface area contributed by atoms with Gasteiger partial charge in [0.05, 0.1) is 28.5 Å². The second-order valence-electron chi connectivity index (χ2n) is 36.0. The zero-order chi connectivity index (χ0) is 92.4. The molecule has 12 heterocycles. The summed E-state index contributed by atoms with van der Waals surface area (Å²) in [5, 5.41) is 41.8. The topological polar surface area (TPSA) is 202 Å². The number of pyridine rings is 8. The average Bonchev–Trinajstić information content (AvgIpc) is 1.62. The van der Waals surface area contributed by atoms with E-state index >= 15 is 0 Å². The fourth-order valence-electron chi connectivity index (χ4n) is 16.9. The van der Waals surface area contributed by atoms with Crippen molar-refractivity contribution in [3.05, 3.63) is 411 Å². The van der Waals surface area contributed by atoms with Crippen LogP contribution in [-0.2, 0) is 101 Å². The summed E-state index contributed by atoms with van der Waals surface area (Å²) in [7, 11) is 0. The van der Waals surface area contributed by atoms with Gasteiger partial charge in [-0.1, -0.05) is 254 Å². The number of phenolic OH excluding ortho intramolecular Hbond substituents is 4. The first kappa shape index (κ1) is 99.3. The van der Waals surface area contributed by atoms with Crippen molar-refractivity contribution in [1.82, 2.24) is 57.5 Å². The molecule has 0 aliphatic carbocycles. The number of aromatic hydroxyl groups is 4. The zero-order valence-corrected chi connectivity index (χ0v) is 86.5. The van der Waals surface area contributed by atoms with Crippen molar-refractivity contribution >= 4 is 22.6 Å². The normalized spacial score (nSPS) is 11.2. The number of para-hydroxylation sites is 4. The summed E-state index contributed by atoms with van der Waals surface area (Å²) in [6, 6.07) is 113. The number of benzene rings is 9. The van der Waals surface area contributed by atoms with Gasteiger partial charge < -0.3 is 38.0 Å². The van der Waals surface area contributed by atoms with Gasteiger partial charge in [0.2, 0.25) is 0 Å². The van der Waals surface area contributed by atoms with Crippen LogP contribution in [0, 0.1) is 45.0 Å². The molecule has 20 heteroatoms. The van der Waals surface area contributed by atoms with E-state index in [1.54, 1.807) is 30.5 Å². The number of imidazole rings is 4. The van der Waals surface area contributed by atoms with Crippen LogP contribution < -0.4 is 0 Å². The Hall–Kier alpha value is -13.7. The Morgan fingerprint density at radius 3 is 0.891 bits per heavy atom. The third-order valence-corrected chi connectivity index (χ3v) is 23.9. The quantitative estimate of drug-likeness (QED) is 0.0797. The molecule has 0 saturated heterocycles. The van der Waals surface area contributed by atoms with Gasteiger partial charge >= 0.3 is 0 Å². The molecule has 0 aliphatic rings. The van der Waals surface area contributed by atoms with Crippen LogP contribution in [0.2, 0.25) is 0 Å². The second-order valence-corrected chi connectivity index (χ2v) is 36.0. The minimum atomic E-state index is -0.203. The first-order valence-electron chi connectivity index (χ1n) is 44.3. The van der Waals surface area contributed by atoms with Crippen LogP contribution in [0.1, 0.15) is 96.2 Å². The number of phenols is 4. The molecule has 0 unspecified atom stereocenters. The number of nitrogens with zero attached hydrogens (tertiary/aromatic N) is 12. The molecule has 0 fully saturated rings. The van der Waals surface area contributed by atoms with E-state index in [-0.39, 0.29) is 124 Å². The summed E-state index contributed by atoms with van der Waals surface area (Å²) in [5.41, 5.74) is 32.8. The average molecular weight is 2520 g/mol. The molecule has 0 spiro atoms. The molecule has 0 bridgehead atoms. The number of aromatic nitrogens is 12. The van der Waals surface area contributed by atoms with Crippen LogP contribution in [0.4, 0.5) is 0 Å². The summed E-state index contributed by atoms with van der Waals surface area (Å²) in [6.07, 6.45) is 15.3. The van der Waals surface area contributed by atoms with Crippen LogP contribution in [0.5, 0.6) is 23.0 Å². The Kier molecular flexibility index (Phi) is 30.6. The minimum absolute atomic E-state index is 0. The van der Waals surface area contributed by atoms with E-state index in [4.69, 9.17) is 19.9 Å². The maximum atomic E-state index is 10.7. The van der Waals surface area contributed by atoms with Gasteiger partial charge in [-0.3, -0.25) is 19.9 Å². The monoisotopic (exact) mass is 2510 g/mol. The van der Waals surface area contributed by atoms with Gasteiger partial charge in [-0.2, -0.15) is 0 Å². The van der Waals surface area contributed by atoms with E-state index in [0.717, 1.165) is 191 Å². The van der Waals surface area contributed by atoms with Gasteiger partial charge in [0.1, 0.15) is 45.6 Å². The first-order chi connectivity index (χ1) is 64.3. The van der Waals surface area contributed by atoms with Crippen LogP contribution in [-0.4, -0.2) is 77.9 Å². The zero-order valence-electron chi connectivity index (χ0n) is 77.4. The predicted octanol–water partition coefficient (Wildman–Crippen LogP) is 27.4. The molecule has 4 N–H and O–H groups in total. The van der Waals surface area contributed by atoms with Crippen molar-refractivity contribution in [3.63, 3.8) is 0 Å². The molecular formula is C117H98N12O4Pt4-4. The summed E-state index contributed by atoms with van der Waals surface area (Å²) in [5.74, 6) is 0.902. The van der Waals surface area contributed by atoms with E-state index < -0.39 is 0 Å². The summed E-state index contributed by atoms with van der Waals surface area (Å²) in [6.45, 7) is 25.9. The van der Waals surface area contributed by atoms with Gasteiger partial charge in [0, 0.05) is 201 Å². The van der Waals surface area contributed by atoms with Gasteiger partial charge in [-0.25, -0.2) is 19.9 Å². The van der Waals surface area contributed by atoms with E-state index in [9.17, 15) is 20.4 Å². The van der Waals surface area contributed by atoms with Gasteiger partial charge in [-0.15, -0.1) is 118 Å². The SMILES string of the molecule is CC(C)(C)c1cc(-c2ccccn2)[c-]c(-c2cccn3c(C(C)(C)C)c(-c4ccccc4O)nc23)c1.Cc1c(-c2ccccc2O)nc2c(-c3[c-]c(-c4cc(-c5ccccc5)ccn4)ccc3)cccn12.Cc1c(-c2ccccc2O)nc2c(-c3[c-]c(-c4ccccn4)cc(C(C)(C)C)c3)cccn12.Cc1c(-c2ccccc2O)nc2c(-c3[c-]c(-c4ccccn4)ccc3)cccn12.[Pt].[Pt].[Pt].[Pt]. The number of rotatable bonds is 13. The molecular weight excluding hydrogens is 2420 g/mol. The summed E-state index contributed by atoms with van der Waals surface area (Å²) in [4.78, 5) is 38.2. The van der Waals surface area contributed by atoms with Crippen molar-refractivity contribution in [1.29, 1.82) is 0 Å². The second kappa shape index (κ2) is 42.3. The molecule has 0 atom stereocenters. The molecule has 0 saturated carbocycles. The van der Waals surface area contributed by atoms with E-state index in [1.807, 2.05) is 270 Å². The molecule has 12 aromatic heterocycles. The van der Waals surface area contributed by atoms with Crippen LogP contribution >= 0.6 is 0 Å². The minimum Gasteiger partial charge on any atom is -0.507 e. The Bertz CT molecular complexity index is 7880. The molecule has 0 amide bonds. The summed E-state index contributed by atoms with van der Waals surface area (Å²) < 4.78 is 8.36.